The summed E-state index contributed by atoms with van der Waals surface area (Å²) in [6, 6.07) is 10.3. The van der Waals surface area contributed by atoms with Gasteiger partial charge in [-0.1, -0.05) is 46.4 Å². The number of nitrogens with zero attached hydrogens (tertiary/aromatic N) is 2. The Hall–Kier alpha value is -1.06. The molecule has 0 radical (unpaired) electrons. The molecule has 0 N–H and O–H groups in total. The highest BCUT2D eigenvalue weighted by atomic mass is 35.5. The van der Waals surface area contributed by atoms with Crippen LogP contribution in [0.1, 0.15) is 11.1 Å². The minimum absolute atomic E-state index is 0.546. The summed E-state index contributed by atoms with van der Waals surface area (Å²) >= 11 is 23.5. The van der Waals surface area contributed by atoms with Crippen molar-refractivity contribution in [3.05, 3.63) is 67.6 Å². The smallest absolute Gasteiger partial charge is 0.0569 e. The predicted octanol–water partition coefficient (Wildman–Crippen LogP) is 5.75. The lowest BCUT2D eigenvalue weighted by Crippen LogP contribution is -1.82. The molecule has 0 saturated carbocycles. The van der Waals surface area contributed by atoms with Crippen LogP contribution in [0, 0.1) is 0 Å². The fourth-order valence-corrected chi connectivity index (χ4v) is 2.59. The molecule has 0 bridgehead atoms. The van der Waals surface area contributed by atoms with Crippen molar-refractivity contribution in [3.8, 4) is 0 Å². The van der Waals surface area contributed by atoms with Gasteiger partial charge in [-0.05, 0) is 47.5 Å². The lowest BCUT2D eigenvalue weighted by atomic mass is 10.2. The molecule has 0 heterocycles. The van der Waals surface area contributed by atoms with Crippen LogP contribution >= 0.6 is 46.4 Å². The van der Waals surface area contributed by atoms with Crippen LogP contribution in [0.3, 0.4) is 0 Å². The lowest BCUT2D eigenvalue weighted by Gasteiger charge is -1.96. The van der Waals surface area contributed by atoms with Crippen LogP contribution < -0.4 is 0 Å². The van der Waals surface area contributed by atoms with Crippen molar-refractivity contribution in [2.75, 3.05) is 0 Å². The summed E-state index contributed by atoms with van der Waals surface area (Å²) in [5.74, 6) is 0. The number of hydrogen-bond acceptors (Lipinski definition) is 2. The van der Waals surface area contributed by atoms with Gasteiger partial charge in [0.15, 0.2) is 0 Å². The molecule has 0 saturated heterocycles. The Morgan fingerprint density at radius 3 is 1.15 bits per heavy atom. The van der Waals surface area contributed by atoms with Crippen LogP contribution in [0.4, 0.5) is 0 Å². The second kappa shape index (κ2) is 7.09. The fourth-order valence-electron chi connectivity index (χ4n) is 1.50. The van der Waals surface area contributed by atoms with Crippen molar-refractivity contribution in [1.29, 1.82) is 0 Å². The summed E-state index contributed by atoms with van der Waals surface area (Å²) in [7, 11) is 0. The Morgan fingerprint density at radius 2 is 0.850 bits per heavy atom. The first-order chi connectivity index (χ1) is 9.52. The van der Waals surface area contributed by atoms with E-state index >= 15 is 0 Å². The van der Waals surface area contributed by atoms with Gasteiger partial charge in [-0.15, -0.1) is 0 Å². The molecule has 2 aromatic rings. The molecular formula is C14H8Cl4N2. The monoisotopic (exact) mass is 344 g/mol. The highest BCUT2D eigenvalue weighted by molar-refractivity contribution is 6.35. The van der Waals surface area contributed by atoms with E-state index in [4.69, 9.17) is 46.4 Å². The molecule has 0 atom stereocenters. The fraction of sp³-hybridized carbons (Fsp3) is 0. The Kier molecular flexibility index (Phi) is 5.44. The molecule has 0 aliphatic heterocycles. The zero-order valence-electron chi connectivity index (χ0n) is 10.0. The minimum atomic E-state index is 0.546. The van der Waals surface area contributed by atoms with Gasteiger partial charge in [0, 0.05) is 20.1 Å². The van der Waals surface area contributed by atoms with E-state index in [9.17, 15) is 0 Å². The van der Waals surface area contributed by atoms with E-state index in [-0.39, 0.29) is 0 Å². The molecule has 2 rings (SSSR count). The average Bonchev–Trinajstić information content (AvgIpc) is 2.32. The van der Waals surface area contributed by atoms with E-state index in [2.05, 4.69) is 10.2 Å². The number of halogens is 4. The van der Waals surface area contributed by atoms with Crippen LogP contribution in [0.25, 0.3) is 0 Å². The van der Waals surface area contributed by atoms with Gasteiger partial charge in [-0.25, -0.2) is 0 Å². The first-order valence-electron chi connectivity index (χ1n) is 5.51. The highest BCUT2D eigenvalue weighted by Gasteiger charge is 1.96. The van der Waals surface area contributed by atoms with Crippen LogP contribution in [0.2, 0.25) is 20.1 Å². The second-order valence-corrected chi connectivity index (χ2v) is 5.64. The van der Waals surface area contributed by atoms with Gasteiger partial charge < -0.3 is 0 Å². The van der Waals surface area contributed by atoms with Crippen molar-refractivity contribution < 1.29 is 0 Å². The van der Waals surface area contributed by atoms with Crippen molar-refractivity contribution in [1.82, 2.24) is 0 Å². The molecule has 0 spiro atoms. The van der Waals surface area contributed by atoms with Crippen molar-refractivity contribution in [3.63, 3.8) is 0 Å². The van der Waals surface area contributed by atoms with Crippen molar-refractivity contribution >= 4 is 58.8 Å². The largest absolute Gasteiger partial charge is 0.159 e. The van der Waals surface area contributed by atoms with E-state index in [1.807, 2.05) is 0 Å². The summed E-state index contributed by atoms with van der Waals surface area (Å²) in [4.78, 5) is 0. The molecule has 0 aliphatic carbocycles. The van der Waals surface area contributed by atoms with Crippen LogP contribution in [-0.2, 0) is 0 Å². The van der Waals surface area contributed by atoms with Crippen molar-refractivity contribution in [2.24, 2.45) is 10.2 Å². The third kappa shape index (κ3) is 4.80. The normalized spacial score (nSPS) is 11.6. The SMILES string of the molecule is Clc1cc(Cl)cc(/C=N\N=C/c2cc(Cl)cc(Cl)c2)c1. The molecule has 102 valence electrons. The van der Waals surface area contributed by atoms with Gasteiger partial charge in [0.1, 0.15) is 0 Å². The predicted molar refractivity (Wildman–Crippen MR) is 88.1 cm³/mol. The molecule has 0 aromatic heterocycles. The maximum Gasteiger partial charge on any atom is 0.0569 e. The molecule has 20 heavy (non-hydrogen) atoms. The summed E-state index contributed by atoms with van der Waals surface area (Å²) in [5.41, 5.74) is 1.53. The maximum absolute atomic E-state index is 5.88. The highest BCUT2D eigenvalue weighted by Crippen LogP contribution is 2.19. The molecular weight excluding hydrogens is 338 g/mol. The van der Waals surface area contributed by atoms with E-state index in [1.165, 1.54) is 0 Å². The molecule has 2 nitrogen and oxygen atoms in total. The molecule has 6 heteroatoms. The second-order valence-electron chi connectivity index (χ2n) is 3.89. The number of benzene rings is 2. The summed E-state index contributed by atoms with van der Waals surface area (Å²) in [5, 5.41) is 10.0. The number of rotatable bonds is 3. The van der Waals surface area contributed by atoms with Gasteiger partial charge >= 0.3 is 0 Å². The quantitative estimate of drug-likeness (QED) is 0.499. The topological polar surface area (TPSA) is 24.7 Å². The third-order valence-electron chi connectivity index (χ3n) is 2.25. The zero-order chi connectivity index (χ0) is 14.5. The summed E-state index contributed by atoms with van der Waals surface area (Å²) in [6.07, 6.45) is 3.11. The molecule has 2 aromatic carbocycles. The Bertz CT molecular complexity index is 581. The molecule has 0 unspecified atom stereocenters. The van der Waals surface area contributed by atoms with E-state index < -0.39 is 0 Å². The van der Waals surface area contributed by atoms with Crippen LogP contribution in [0.5, 0.6) is 0 Å². The molecule has 0 fully saturated rings. The van der Waals surface area contributed by atoms with E-state index in [0.29, 0.717) is 20.1 Å². The van der Waals surface area contributed by atoms with Gasteiger partial charge in [0.25, 0.3) is 0 Å². The standard InChI is InChI=1S/C14H8Cl4N2/c15-11-1-9(2-12(16)5-11)7-19-20-8-10-3-13(17)6-14(18)4-10/h1-8H/b19-7-,20-8-. The summed E-state index contributed by atoms with van der Waals surface area (Å²) in [6.45, 7) is 0. The van der Waals surface area contributed by atoms with Crippen LogP contribution in [-0.4, -0.2) is 12.4 Å². The van der Waals surface area contributed by atoms with E-state index in [1.54, 1.807) is 48.8 Å². The van der Waals surface area contributed by atoms with Crippen molar-refractivity contribution in [2.45, 2.75) is 0 Å². The summed E-state index contributed by atoms with van der Waals surface area (Å²) < 4.78 is 0. The lowest BCUT2D eigenvalue weighted by molar-refractivity contribution is 1.26. The maximum atomic E-state index is 5.88. The first kappa shape index (κ1) is 15.3. The van der Waals surface area contributed by atoms with Gasteiger partial charge in [-0.2, -0.15) is 10.2 Å². The molecule has 0 aliphatic rings. The van der Waals surface area contributed by atoms with Gasteiger partial charge in [0.05, 0.1) is 12.4 Å². The Balaban J connectivity index is 2.10. The average molecular weight is 346 g/mol. The Labute approximate surface area is 136 Å². The van der Waals surface area contributed by atoms with Gasteiger partial charge in [-0.3, -0.25) is 0 Å². The number of hydrogen-bond donors (Lipinski definition) is 0. The minimum Gasteiger partial charge on any atom is -0.159 e. The Morgan fingerprint density at radius 1 is 0.550 bits per heavy atom. The van der Waals surface area contributed by atoms with E-state index in [0.717, 1.165) is 11.1 Å². The molecule has 0 amide bonds. The van der Waals surface area contributed by atoms with Gasteiger partial charge in [0.2, 0.25) is 0 Å². The van der Waals surface area contributed by atoms with Crippen LogP contribution in [0.15, 0.2) is 46.6 Å². The zero-order valence-corrected chi connectivity index (χ0v) is 13.0. The third-order valence-corrected chi connectivity index (χ3v) is 3.12. The first-order valence-corrected chi connectivity index (χ1v) is 7.03.